The Morgan fingerprint density at radius 1 is 1.00 bits per heavy atom. The quantitative estimate of drug-likeness (QED) is 0.266. The van der Waals surface area contributed by atoms with E-state index < -0.39 is 12.0 Å². The zero-order chi connectivity index (χ0) is 28.9. The molecule has 1 aliphatic rings. The van der Waals surface area contributed by atoms with Gasteiger partial charge in [-0.15, -0.1) is 0 Å². The van der Waals surface area contributed by atoms with Crippen molar-refractivity contribution in [2.24, 2.45) is 4.99 Å². The van der Waals surface area contributed by atoms with Crippen LogP contribution in [0.5, 0.6) is 11.5 Å². The molecule has 9 heteroatoms. The van der Waals surface area contributed by atoms with E-state index >= 15 is 0 Å². The van der Waals surface area contributed by atoms with Crippen LogP contribution in [0, 0.1) is 5.82 Å². The third kappa shape index (κ3) is 6.00. The van der Waals surface area contributed by atoms with Crippen LogP contribution in [0.3, 0.4) is 0 Å². The second-order valence-electron chi connectivity index (χ2n) is 9.27. The summed E-state index contributed by atoms with van der Waals surface area (Å²) in [7, 11) is 0. The second-order valence-corrected chi connectivity index (χ2v) is 10.3. The highest BCUT2D eigenvalue weighted by Crippen LogP contribution is 2.31. The molecule has 5 rings (SSSR count). The Morgan fingerprint density at radius 2 is 1.76 bits per heavy atom. The molecule has 1 aromatic heterocycles. The second kappa shape index (κ2) is 12.3. The molecule has 0 bridgehead atoms. The third-order valence-electron chi connectivity index (χ3n) is 6.51. The summed E-state index contributed by atoms with van der Waals surface area (Å²) in [5.41, 5.74) is 2.96. The number of aromatic nitrogens is 1. The first-order chi connectivity index (χ1) is 19.9. The minimum Gasteiger partial charge on any atom is -0.490 e. The van der Waals surface area contributed by atoms with Gasteiger partial charge in [0.1, 0.15) is 12.4 Å². The number of nitrogens with zero attached hydrogens (tertiary/aromatic N) is 2. The summed E-state index contributed by atoms with van der Waals surface area (Å²) >= 11 is 1.26. The first-order valence-electron chi connectivity index (χ1n) is 13.3. The van der Waals surface area contributed by atoms with Gasteiger partial charge in [0.05, 0.1) is 35.1 Å². The predicted molar refractivity (Wildman–Crippen MR) is 155 cm³/mol. The SMILES string of the molecule is CCOC(=O)C1=C(C)N=c2sc(=Cc3ccc(OCc4ccc(F)cc4)c(OCC)c3)c(=O)n2[C@@H]1c1ccccc1. The zero-order valence-electron chi connectivity index (χ0n) is 22.9. The number of ether oxygens (including phenoxy) is 3. The van der Waals surface area contributed by atoms with Crippen molar-refractivity contribution in [2.75, 3.05) is 13.2 Å². The lowest BCUT2D eigenvalue weighted by Gasteiger charge is -2.24. The number of carbonyl (C=O) groups is 1. The minimum absolute atomic E-state index is 0.216. The van der Waals surface area contributed by atoms with E-state index in [4.69, 9.17) is 14.2 Å². The number of halogens is 1. The monoisotopic (exact) mass is 572 g/mol. The Morgan fingerprint density at radius 3 is 2.46 bits per heavy atom. The molecule has 1 atom stereocenters. The number of esters is 1. The molecule has 0 radical (unpaired) electrons. The van der Waals surface area contributed by atoms with Crippen molar-refractivity contribution in [3.8, 4) is 11.5 Å². The third-order valence-corrected chi connectivity index (χ3v) is 7.49. The molecule has 0 amide bonds. The van der Waals surface area contributed by atoms with Gasteiger partial charge >= 0.3 is 5.97 Å². The van der Waals surface area contributed by atoms with E-state index in [-0.39, 0.29) is 24.6 Å². The van der Waals surface area contributed by atoms with Crippen LogP contribution in [0.15, 0.2) is 93.9 Å². The van der Waals surface area contributed by atoms with Gasteiger partial charge in [0.2, 0.25) is 0 Å². The highest BCUT2D eigenvalue weighted by molar-refractivity contribution is 7.07. The van der Waals surface area contributed by atoms with E-state index in [0.717, 1.165) is 16.7 Å². The van der Waals surface area contributed by atoms with Crippen LogP contribution in [0.25, 0.3) is 6.08 Å². The molecule has 0 unspecified atom stereocenters. The van der Waals surface area contributed by atoms with E-state index in [1.807, 2.05) is 49.4 Å². The maximum Gasteiger partial charge on any atom is 0.338 e. The molecule has 0 saturated heterocycles. The van der Waals surface area contributed by atoms with Crippen LogP contribution in [-0.4, -0.2) is 23.8 Å². The Balaban J connectivity index is 1.53. The summed E-state index contributed by atoms with van der Waals surface area (Å²) in [4.78, 5) is 31.9. The van der Waals surface area contributed by atoms with Crippen LogP contribution in [0.1, 0.15) is 43.5 Å². The number of allylic oxidation sites excluding steroid dienone is 1. The molecule has 41 heavy (non-hydrogen) atoms. The number of carbonyl (C=O) groups excluding carboxylic acids is 1. The van der Waals surface area contributed by atoms with Gasteiger partial charge in [-0.3, -0.25) is 9.36 Å². The number of hydrogen-bond acceptors (Lipinski definition) is 7. The van der Waals surface area contributed by atoms with Crippen molar-refractivity contribution < 1.29 is 23.4 Å². The van der Waals surface area contributed by atoms with Crippen LogP contribution >= 0.6 is 11.3 Å². The summed E-state index contributed by atoms with van der Waals surface area (Å²) in [6.07, 6.45) is 1.78. The van der Waals surface area contributed by atoms with E-state index in [2.05, 4.69) is 4.99 Å². The highest BCUT2D eigenvalue weighted by atomic mass is 32.1. The summed E-state index contributed by atoms with van der Waals surface area (Å²) in [6, 6.07) is 20.3. The molecule has 2 heterocycles. The normalized spacial score (nSPS) is 14.8. The first-order valence-corrected chi connectivity index (χ1v) is 14.1. The molecule has 1 aliphatic heterocycles. The number of hydrogen-bond donors (Lipinski definition) is 0. The lowest BCUT2D eigenvalue weighted by molar-refractivity contribution is -0.139. The molecule has 4 aromatic rings. The van der Waals surface area contributed by atoms with Gasteiger partial charge in [0, 0.05) is 0 Å². The predicted octanol–water partition coefficient (Wildman–Crippen LogP) is 4.92. The van der Waals surface area contributed by atoms with Crippen molar-refractivity contribution in [3.63, 3.8) is 0 Å². The van der Waals surface area contributed by atoms with Gasteiger partial charge in [-0.2, -0.15) is 0 Å². The van der Waals surface area contributed by atoms with Crippen molar-refractivity contribution in [3.05, 3.63) is 126 Å². The summed E-state index contributed by atoms with van der Waals surface area (Å²) in [6.45, 7) is 6.27. The Hall–Kier alpha value is -4.50. The molecule has 0 fully saturated rings. The standard InChI is InChI=1S/C32H29FN2O5S/c1-4-38-26-17-22(13-16-25(26)40-19-21-11-14-24(33)15-12-21)18-27-30(36)35-29(23-9-7-6-8-10-23)28(31(37)39-5-2)20(3)34-32(35)41-27/h6-18,29H,4-5,19H2,1-3H3/t29-/m1/s1. The molecular formula is C32H29FN2O5S. The number of thiazole rings is 1. The summed E-state index contributed by atoms with van der Waals surface area (Å²) in [5, 5.41) is 0. The van der Waals surface area contributed by atoms with Gasteiger partial charge in [0.15, 0.2) is 16.3 Å². The molecule has 7 nitrogen and oxygen atoms in total. The molecule has 3 aromatic carbocycles. The minimum atomic E-state index is -0.658. The fourth-order valence-electron chi connectivity index (χ4n) is 4.64. The van der Waals surface area contributed by atoms with Crippen LogP contribution in [0.2, 0.25) is 0 Å². The Kier molecular flexibility index (Phi) is 8.45. The fraction of sp³-hybridized carbons (Fsp3) is 0.219. The fourth-order valence-corrected chi connectivity index (χ4v) is 5.68. The summed E-state index contributed by atoms with van der Waals surface area (Å²) < 4.78 is 32.4. The van der Waals surface area contributed by atoms with E-state index in [1.54, 1.807) is 42.7 Å². The number of rotatable bonds is 9. The van der Waals surface area contributed by atoms with Gasteiger partial charge in [0.25, 0.3) is 5.56 Å². The molecule has 210 valence electrons. The number of benzene rings is 3. The average Bonchev–Trinajstić information content (AvgIpc) is 3.27. The van der Waals surface area contributed by atoms with Crippen molar-refractivity contribution >= 4 is 23.4 Å². The lowest BCUT2D eigenvalue weighted by Crippen LogP contribution is -2.39. The van der Waals surface area contributed by atoms with Crippen LogP contribution < -0.4 is 24.4 Å². The van der Waals surface area contributed by atoms with Crippen molar-refractivity contribution in [2.45, 2.75) is 33.4 Å². The van der Waals surface area contributed by atoms with Gasteiger partial charge < -0.3 is 14.2 Å². The maximum absolute atomic E-state index is 13.8. The van der Waals surface area contributed by atoms with E-state index in [9.17, 15) is 14.0 Å². The maximum atomic E-state index is 13.8. The number of fused-ring (bicyclic) bond motifs is 1. The molecule has 0 aliphatic carbocycles. The lowest BCUT2D eigenvalue weighted by atomic mass is 9.96. The van der Waals surface area contributed by atoms with Crippen molar-refractivity contribution in [1.82, 2.24) is 4.57 Å². The molecular weight excluding hydrogens is 543 g/mol. The van der Waals surface area contributed by atoms with Gasteiger partial charge in [-0.05, 0) is 67.8 Å². The Bertz CT molecular complexity index is 1780. The van der Waals surface area contributed by atoms with Gasteiger partial charge in [-0.1, -0.05) is 59.9 Å². The largest absolute Gasteiger partial charge is 0.490 e. The highest BCUT2D eigenvalue weighted by Gasteiger charge is 2.33. The average molecular weight is 573 g/mol. The first kappa shape index (κ1) is 28.0. The summed E-state index contributed by atoms with van der Waals surface area (Å²) in [5.74, 6) is 0.266. The topological polar surface area (TPSA) is 79.1 Å². The zero-order valence-corrected chi connectivity index (χ0v) is 23.7. The van der Waals surface area contributed by atoms with E-state index in [1.165, 1.54) is 23.5 Å². The molecule has 0 N–H and O–H groups in total. The van der Waals surface area contributed by atoms with Crippen LogP contribution in [-0.2, 0) is 16.1 Å². The van der Waals surface area contributed by atoms with Crippen LogP contribution in [0.4, 0.5) is 4.39 Å². The molecule has 0 saturated carbocycles. The van der Waals surface area contributed by atoms with E-state index in [0.29, 0.717) is 38.7 Å². The Labute approximate surface area is 240 Å². The molecule has 0 spiro atoms. The smallest absolute Gasteiger partial charge is 0.338 e. The van der Waals surface area contributed by atoms with Gasteiger partial charge in [-0.25, -0.2) is 14.2 Å². The van der Waals surface area contributed by atoms with Crippen molar-refractivity contribution in [1.29, 1.82) is 0 Å².